The standard InChI is InChI=1S/C44H54N8O6/c1-25(2)35(49-42(55)57-5)39(53)51-44(20-8-7-9-21-44)41-46-31-18-15-28(24-33(31)47-41)13-12-27-14-17-30-29(23-27)16-19-32-37(30)48-38(45-32)34-11-10-22-52(34)40(54)36(26(3)4)50-43(56)58-6/h14-15,17-18,23-26,34-36H,7-11,16,19-22H2,1-6H3,(H,45,48)(H,46,47)(H,49,55)(H,50,56)(H,51,53)/t34-,35-,36-/m0/s1. The van der Waals surface area contributed by atoms with Crippen LogP contribution in [-0.2, 0) is 37.4 Å². The normalized spacial score (nSPS) is 18.1. The molecule has 0 bridgehead atoms. The third kappa shape index (κ3) is 8.26. The number of H-pyrrole nitrogens is 2. The predicted octanol–water partition coefficient (Wildman–Crippen LogP) is 6.15. The zero-order valence-electron chi connectivity index (χ0n) is 34.2. The summed E-state index contributed by atoms with van der Waals surface area (Å²) in [4.78, 5) is 70.3. The van der Waals surface area contributed by atoms with E-state index in [-0.39, 0.29) is 29.7 Å². The lowest BCUT2D eigenvalue weighted by atomic mass is 9.80. The minimum absolute atomic E-state index is 0.106. The number of amides is 4. The molecule has 5 N–H and O–H groups in total. The van der Waals surface area contributed by atoms with Crippen LogP contribution < -0.4 is 16.0 Å². The van der Waals surface area contributed by atoms with Gasteiger partial charge in [-0.2, -0.15) is 0 Å². The molecular weight excluding hydrogens is 737 g/mol. The van der Waals surface area contributed by atoms with Crippen molar-refractivity contribution in [1.82, 2.24) is 40.8 Å². The first-order valence-corrected chi connectivity index (χ1v) is 20.5. The Hall–Kier alpha value is -5.84. The summed E-state index contributed by atoms with van der Waals surface area (Å²) in [5, 5.41) is 8.69. The van der Waals surface area contributed by atoms with Crippen LogP contribution in [0.25, 0.3) is 22.3 Å². The van der Waals surface area contributed by atoms with Gasteiger partial charge in [-0.25, -0.2) is 19.6 Å². The third-order valence-electron chi connectivity index (χ3n) is 11.8. The molecule has 0 radical (unpaired) electrons. The van der Waals surface area contributed by atoms with Crippen LogP contribution in [-0.4, -0.2) is 81.7 Å². The van der Waals surface area contributed by atoms with Crippen molar-refractivity contribution in [3.63, 3.8) is 0 Å². The van der Waals surface area contributed by atoms with E-state index in [0.717, 1.165) is 103 Å². The second-order valence-corrected chi connectivity index (χ2v) is 16.4. The Labute approximate surface area is 339 Å². The first-order valence-electron chi connectivity index (χ1n) is 20.5. The molecule has 14 nitrogen and oxygen atoms in total. The van der Waals surface area contributed by atoms with E-state index in [0.29, 0.717) is 12.4 Å². The molecule has 7 rings (SSSR count). The zero-order valence-corrected chi connectivity index (χ0v) is 34.2. The maximum atomic E-state index is 13.7. The molecule has 58 heavy (non-hydrogen) atoms. The van der Waals surface area contributed by atoms with Crippen LogP contribution in [0.3, 0.4) is 0 Å². The molecular formula is C44H54N8O6. The first kappa shape index (κ1) is 40.4. The third-order valence-corrected chi connectivity index (χ3v) is 11.8. The summed E-state index contributed by atoms with van der Waals surface area (Å²) in [6.07, 6.45) is 6.44. The van der Waals surface area contributed by atoms with Gasteiger partial charge in [-0.1, -0.05) is 64.9 Å². The fraction of sp³-hybridized carbons (Fsp3) is 0.500. The van der Waals surface area contributed by atoms with Crippen LogP contribution in [0.15, 0.2) is 36.4 Å². The molecule has 3 aliphatic rings. The van der Waals surface area contributed by atoms with Crippen molar-refractivity contribution < 1.29 is 28.7 Å². The molecule has 2 fully saturated rings. The van der Waals surface area contributed by atoms with Gasteiger partial charge in [0.25, 0.3) is 0 Å². The second-order valence-electron chi connectivity index (χ2n) is 16.4. The second kappa shape index (κ2) is 16.9. The Morgan fingerprint density at radius 3 is 2.19 bits per heavy atom. The van der Waals surface area contributed by atoms with E-state index in [1.807, 2.05) is 56.9 Å². The van der Waals surface area contributed by atoms with Crippen molar-refractivity contribution in [3.8, 4) is 23.1 Å². The molecule has 306 valence electrons. The number of nitrogens with zero attached hydrogens (tertiary/aromatic N) is 3. The lowest BCUT2D eigenvalue weighted by Gasteiger charge is -2.38. The maximum absolute atomic E-state index is 13.7. The van der Waals surface area contributed by atoms with Crippen molar-refractivity contribution in [2.24, 2.45) is 11.8 Å². The van der Waals surface area contributed by atoms with Gasteiger partial charge in [0.15, 0.2) is 0 Å². The Morgan fingerprint density at radius 1 is 0.828 bits per heavy atom. The number of hydrogen-bond acceptors (Lipinski definition) is 8. The number of benzene rings is 2. The number of hydrogen-bond donors (Lipinski definition) is 5. The number of aromatic nitrogens is 4. The number of ether oxygens (including phenoxy) is 2. The molecule has 3 heterocycles. The SMILES string of the molecule is COC(=O)N[C@H](C(=O)NC1(c2nc3ccc(C#Cc4ccc5c(c4)CCc4nc([C@@H]6CCCN6C(=O)[C@@H](NC(=O)OC)C(C)C)[nH]c4-5)cc3[nH]2)CCCCC1)C(C)C. The van der Waals surface area contributed by atoms with Gasteiger partial charge < -0.3 is 40.3 Å². The molecule has 1 saturated heterocycles. The number of carbonyl (C=O) groups excluding carboxylic acids is 4. The predicted molar refractivity (Wildman–Crippen MR) is 218 cm³/mol. The van der Waals surface area contributed by atoms with E-state index in [9.17, 15) is 19.2 Å². The topological polar surface area (TPSA) is 183 Å². The quantitative estimate of drug-likeness (QED) is 0.125. The Kier molecular flexibility index (Phi) is 11.8. The summed E-state index contributed by atoms with van der Waals surface area (Å²) in [5.74, 6) is 7.54. The number of carbonyl (C=O) groups is 4. The summed E-state index contributed by atoms with van der Waals surface area (Å²) in [6.45, 7) is 8.20. The summed E-state index contributed by atoms with van der Waals surface area (Å²) in [6, 6.07) is 10.5. The van der Waals surface area contributed by atoms with Gasteiger partial charge in [-0.15, -0.1) is 0 Å². The lowest BCUT2D eigenvalue weighted by molar-refractivity contribution is -0.135. The summed E-state index contributed by atoms with van der Waals surface area (Å²) in [5.41, 5.74) is 6.93. The fourth-order valence-electron chi connectivity index (χ4n) is 8.63. The van der Waals surface area contributed by atoms with Gasteiger partial charge in [-0.05, 0) is 86.3 Å². The Bertz CT molecular complexity index is 2260. The maximum Gasteiger partial charge on any atom is 0.407 e. The van der Waals surface area contributed by atoms with Crippen LogP contribution in [0.4, 0.5) is 9.59 Å². The Morgan fingerprint density at radius 2 is 1.50 bits per heavy atom. The number of methoxy groups -OCH3 is 2. The smallest absolute Gasteiger partial charge is 0.407 e. The van der Waals surface area contributed by atoms with Gasteiger partial charge in [0, 0.05) is 23.2 Å². The number of aromatic amines is 2. The molecule has 4 aromatic rings. The number of fused-ring (bicyclic) bond motifs is 4. The molecule has 1 aliphatic heterocycles. The van der Waals surface area contributed by atoms with Crippen molar-refractivity contribution in [2.45, 2.75) is 109 Å². The van der Waals surface area contributed by atoms with Crippen molar-refractivity contribution >= 4 is 35.0 Å². The molecule has 0 unspecified atom stereocenters. The minimum atomic E-state index is -0.748. The average Bonchev–Trinajstić information content (AvgIpc) is 3.99. The molecule has 2 aromatic carbocycles. The van der Waals surface area contributed by atoms with E-state index in [4.69, 9.17) is 19.4 Å². The van der Waals surface area contributed by atoms with Gasteiger partial charge in [-0.3, -0.25) is 9.59 Å². The van der Waals surface area contributed by atoms with Crippen LogP contribution in [0.5, 0.6) is 0 Å². The van der Waals surface area contributed by atoms with E-state index >= 15 is 0 Å². The van der Waals surface area contributed by atoms with Crippen LogP contribution >= 0.6 is 0 Å². The fourth-order valence-corrected chi connectivity index (χ4v) is 8.63. The van der Waals surface area contributed by atoms with Crippen molar-refractivity contribution in [3.05, 3.63) is 70.4 Å². The van der Waals surface area contributed by atoms with Crippen LogP contribution in [0.1, 0.15) is 113 Å². The number of likely N-dealkylation sites (tertiary alicyclic amines) is 1. The highest BCUT2D eigenvalue weighted by Gasteiger charge is 2.41. The summed E-state index contributed by atoms with van der Waals surface area (Å²) in [7, 11) is 2.58. The average molecular weight is 791 g/mol. The van der Waals surface area contributed by atoms with Crippen LogP contribution in [0, 0.1) is 23.7 Å². The molecule has 2 aliphatic carbocycles. The Balaban J connectivity index is 1.08. The molecule has 4 amide bonds. The monoisotopic (exact) mass is 790 g/mol. The highest BCUT2D eigenvalue weighted by atomic mass is 16.5. The molecule has 0 spiro atoms. The number of nitrogens with one attached hydrogen (secondary N) is 5. The molecule has 2 aromatic heterocycles. The molecule has 3 atom stereocenters. The van der Waals surface area contributed by atoms with E-state index in [2.05, 4.69) is 49.9 Å². The van der Waals surface area contributed by atoms with E-state index < -0.39 is 29.8 Å². The zero-order chi connectivity index (χ0) is 41.1. The molecule has 14 heteroatoms. The van der Waals surface area contributed by atoms with E-state index in [1.165, 1.54) is 19.8 Å². The van der Waals surface area contributed by atoms with Crippen LogP contribution in [0.2, 0.25) is 0 Å². The number of aryl methyl sites for hydroxylation is 2. The lowest BCUT2D eigenvalue weighted by Crippen LogP contribution is -2.56. The first-order chi connectivity index (χ1) is 27.9. The van der Waals surface area contributed by atoms with Gasteiger partial charge in [0.1, 0.15) is 23.7 Å². The highest BCUT2D eigenvalue weighted by Crippen LogP contribution is 2.39. The van der Waals surface area contributed by atoms with Crippen molar-refractivity contribution in [1.29, 1.82) is 0 Å². The number of imidazole rings is 2. The largest absolute Gasteiger partial charge is 0.453 e. The van der Waals surface area contributed by atoms with Crippen molar-refractivity contribution in [2.75, 3.05) is 20.8 Å². The van der Waals surface area contributed by atoms with Gasteiger partial charge >= 0.3 is 12.2 Å². The molecule has 1 saturated carbocycles. The summed E-state index contributed by atoms with van der Waals surface area (Å²) < 4.78 is 9.56. The minimum Gasteiger partial charge on any atom is -0.453 e. The number of alkyl carbamates (subject to hydrolysis) is 2. The highest BCUT2D eigenvalue weighted by molar-refractivity contribution is 5.87. The summed E-state index contributed by atoms with van der Waals surface area (Å²) >= 11 is 0. The number of rotatable bonds is 9. The van der Waals surface area contributed by atoms with E-state index in [1.54, 1.807) is 0 Å². The van der Waals surface area contributed by atoms with Gasteiger partial charge in [0.05, 0.1) is 48.2 Å². The van der Waals surface area contributed by atoms with Gasteiger partial charge in [0.2, 0.25) is 11.8 Å².